The minimum Gasteiger partial charge on any atom is -0.339 e. The van der Waals surface area contributed by atoms with Gasteiger partial charge in [-0.25, -0.2) is 0 Å². The van der Waals surface area contributed by atoms with Crippen molar-refractivity contribution in [1.29, 1.82) is 0 Å². The summed E-state index contributed by atoms with van der Waals surface area (Å²) in [5.41, 5.74) is 2.20. The van der Waals surface area contributed by atoms with Crippen LogP contribution in [0.15, 0.2) is 28.6 Å². The van der Waals surface area contributed by atoms with Gasteiger partial charge in [0.1, 0.15) is 0 Å². The number of carbonyl (C=O) groups excluding carboxylic acids is 1. The summed E-state index contributed by atoms with van der Waals surface area (Å²) in [5, 5.41) is 12.3. The highest BCUT2D eigenvalue weighted by Crippen LogP contribution is 2.32. The maximum atomic E-state index is 12.9. The molecule has 26 heavy (non-hydrogen) atoms. The van der Waals surface area contributed by atoms with Gasteiger partial charge in [0.15, 0.2) is 4.34 Å². The van der Waals surface area contributed by atoms with E-state index in [-0.39, 0.29) is 11.2 Å². The standard InChI is InChI=1S/C19H26N4OS2/c1-4-16-10-5-6-11-23(16)17(24)14(3)25-19-22-21-18(26-19)20-15-9-7-8-13(2)12-15/h7-9,12,14,16H,4-6,10-11H2,1-3H3,(H,20,21). The Balaban J connectivity index is 1.60. The molecule has 5 nitrogen and oxygen atoms in total. The number of nitrogens with one attached hydrogen (secondary N) is 1. The molecule has 2 atom stereocenters. The maximum absolute atomic E-state index is 12.9. The number of hydrogen-bond acceptors (Lipinski definition) is 6. The van der Waals surface area contributed by atoms with E-state index in [1.165, 1.54) is 35.1 Å². The van der Waals surface area contributed by atoms with Crippen molar-refractivity contribution >= 4 is 39.8 Å². The van der Waals surface area contributed by atoms with Gasteiger partial charge in [-0.1, -0.05) is 42.2 Å². The normalized spacial score (nSPS) is 18.6. The molecule has 1 aliphatic rings. The van der Waals surface area contributed by atoms with Gasteiger partial charge in [-0.2, -0.15) is 0 Å². The number of anilines is 2. The molecular weight excluding hydrogens is 364 g/mol. The van der Waals surface area contributed by atoms with Crippen molar-refractivity contribution in [3.8, 4) is 0 Å². The third kappa shape index (κ3) is 4.76. The number of thioether (sulfide) groups is 1. The van der Waals surface area contributed by atoms with E-state index in [1.807, 2.05) is 19.1 Å². The highest BCUT2D eigenvalue weighted by atomic mass is 32.2. The molecule has 0 saturated carbocycles. The first kappa shape index (κ1) is 19.2. The van der Waals surface area contributed by atoms with Gasteiger partial charge in [0.2, 0.25) is 11.0 Å². The lowest BCUT2D eigenvalue weighted by Gasteiger charge is -2.36. The van der Waals surface area contributed by atoms with Crippen LogP contribution in [0, 0.1) is 6.92 Å². The number of piperidine rings is 1. The lowest BCUT2D eigenvalue weighted by atomic mass is 10.00. The van der Waals surface area contributed by atoms with Crippen LogP contribution in [0.3, 0.4) is 0 Å². The molecule has 2 aromatic rings. The molecule has 1 amide bonds. The summed E-state index contributed by atoms with van der Waals surface area (Å²) in [6.45, 7) is 7.09. The fourth-order valence-electron chi connectivity index (χ4n) is 3.30. The monoisotopic (exact) mass is 390 g/mol. The Hall–Kier alpha value is -1.60. The smallest absolute Gasteiger partial charge is 0.236 e. The van der Waals surface area contributed by atoms with Gasteiger partial charge in [0.25, 0.3) is 0 Å². The molecular formula is C19H26N4OS2. The largest absolute Gasteiger partial charge is 0.339 e. The van der Waals surface area contributed by atoms with Gasteiger partial charge in [-0.15, -0.1) is 10.2 Å². The number of amides is 1. The Morgan fingerprint density at radius 1 is 1.42 bits per heavy atom. The molecule has 0 aliphatic carbocycles. The number of carbonyl (C=O) groups is 1. The first-order valence-corrected chi connectivity index (χ1v) is 10.9. The fraction of sp³-hybridized carbons (Fsp3) is 0.526. The molecule has 1 aromatic heterocycles. The van der Waals surface area contributed by atoms with Gasteiger partial charge in [0, 0.05) is 18.3 Å². The average molecular weight is 391 g/mol. The van der Waals surface area contributed by atoms with E-state index in [4.69, 9.17) is 0 Å². The predicted octanol–water partition coefficient (Wildman–Crippen LogP) is 4.86. The van der Waals surface area contributed by atoms with Crippen molar-refractivity contribution in [2.75, 3.05) is 11.9 Å². The van der Waals surface area contributed by atoms with Crippen molar-refractivity contribution in [3.05, 3.63) is 29.8 Å². The van der Waals surface area contributed by atoms with E-state index in [0.29, 0.717) is 6.04 Å². The Labute approximate surface area is 163 Å². The van der Waals surface area contributed by atoms with Gasteiger partial charge in [-0.3, -0.25) is 4.79 Å². The van der Waals surface area contributed by atoms with E-state index in [1.54, 1.807) is 0 Å². The maximum Gasteiger partial charge on any atom is 0.236 e. The van der Waals surface area contributed by atoms with E-state index in [9.17, 15) is 4.79 Å². The lowest BCUT2D eigenvalue weighted by molar-refractivity contribution is -0.134. The highest BCUT2D eigenvalue weighted by molar-refractivity contribution is 8.02. The molecule has 0 radical (unpaired) electrons. The molecule has 3 rings (SSSR count). The Morgan fingerprint density at radius 2 is 2.27 bits per heavy atom. The molecule has 0 spiro atoms. The molecule has 1 fully saturated rings. The summed E-state index contributed by atoms with van der Waals surface area (Å²) in [6.07, 6.45) is 4.51. The second kappa shape index (κ2) is 8.86. The highest BCUT2D eigenvalue weighted by Gasteiger charge is 2.29. The van der Waals surface area contributed by atoms with Gasteiger partial charge in [-0.05, 0) is 57.2 Å². The van der Waals surface area contributed by atoms with Crippen LogP contribution >= 0.6 is 23.1 Å². The van der Waals surface area contributed by atoms with Crippen molar-refractivity contribution in [1.82, 2.24) is 15.1 Å². The van der Waals surface area contributed by atoms with Gasteiger partial charge >= 0.3 is 0 Å². The van der Waals surface area contributed by atoms with E-state index in [2.05, 4.69) is 46.4 Å². The third-order valence-electron chi connectivity index (χ3n) is 4.68. The van der Waals surface area contributed by atoms with E-state index < -0.39 is 0 Å². The topological polar surface area (TPSA) is 58.1 Å². The summed E-state index contributed by atoms with van der Waals surface area (Å²) in [4.78, 5) is 14.9. The van der Waals surface area contributed by atoms with Crippen LogP contribution in [0.25, 0.3) is 0 Å². The SMILES string of the molecule is CCC1CCCCN1C(=O)C(C)Sc1nnc(Nc2cccc(C)c2)s1. The zero-order valence-electron chi connectivity index (χ0n) is 15.6. The Bertz CT molecular complexity index is 749. The first-order valence-electron chi connectivity index (χ1n) is 9.21. The zero-order chi connectivity index (χ0) is 18.5. The zero-order valence-corrected chi connectivity index (χ0v) is 17.2. The van der Waals surface area contributed by atoms with Crippen LogP contribution in [-0.4, -0.2) is 38.8 Å². The number of aryl methyl sites for hydroxylation is 1. The lowest BCUT2D eigenvalue weighted by Crippen LogP contribution is -2.46. The summed E-state index contributed by atoms with van der Waals surface area (Å²) in [5.74, 6) is 0.227. The molecule has 2 heterocycles. The molecule has 0 bridgehead atoms. The summed E-state index contributed by atoms with van der Waals surface area (Å²) in [7, 11) is 0. The summed E-state index contributed by atoms with van der Waals surface area (Å²) in [6, 6.07) is 8.55. The van der Waals surface area contributed by atoms with Gasteiger partial charge < -0.3 is 10.2 Å². The Kier molecular flexibility index (Phi) is 6.53. The van der Waals surface area contributed by atoms with Crippen LogP contribution in [0.4, 0.5) is 10.8 Å². The number of nitrogens with zero attached hydrogens (tertiary/aromatic N) is 3. The second-order valence-corrected chi connectivity index (χ2v) is 9.28. The molecule has 1 saturated heterocycles. The number of benzene rings is 1. The van der Waals surface area contributed by atoms with Crippen molar-refractivity contribution in [2.24, 2.45) is 0 Å². The molecule has 1 aliphatic heterocycles. The Morgan fingerprint density at radius 3 is 3.04 bits per heavy atom. The molecule has 1 aromatic carbocycles. The minimum atomic E-state index is -0.137. The van der Waals surface area contributed by atoms with Crippen LogP contribution in [0.2, 0.25) is 0 Å². The van der Waals surface area contributed by atoms with Crippen LogP contribution in [0.5, 0.6) is 0 Å². The summed E-state index contributed by atoms with van der Waals surface area (Å²) >= 11 is 3.00. The van der Waals surface area contributed by atoms with Crippen molar-refractivity contribution < 1.29 is 4.79 Å². The number of rotatable bonds is 6. The molecule has 2 unspecified atom stereocenters. The molecule has 1 N–H and O–H groups in total. The van der Waals surface area contributed by atoms with Crippen LogP contribution in [-0.2, 0) is 4.79 Å². The fourth-order valence-corrected chi connectivity index (χ4v) is 5.29. The summed E-state index contributed by atoms with van der Waals surface area (Å²) < 4.78 is 0.825. The average Bonchev–Trinajstić information content (AvgIpc) is 3.07. The van der Waals surface area contributed by atoms with Crippen LogP contribution < -0.4 is 5.32 Å². The van der Waals surface area contributed by atoms with Crippen LogP contribution in [0.1, 0.15) is 45.1 Å². The first-order chi connectivity index (χ1) is 12.6. The predicted molar refractivity (Wildman–Crippen MR) is 109 cm³/mol. The number of hydrogen-bond donors (Lipinski definition) is 1. The number of aromatic nitrogens is 2. The quantitative estimate of drug-likeness (QED) is 0.714. The van der Waals surface area contributed by atoms with Crippen molar-refractivity contribution in [2.45, 2.75) is 62.1 Å². The third-order valence-corrected chi connectivity index (χ3v) is 6.69. The van der Waals surface area contributed by atoms with E-state index in [0.717, 1.165) is 41.0 Å². The molecule has 140 valence electrons. The van der Waals surface area contributed by atoms with Gasteiger partial charge in [0.05, 0.1) is 5.25 Å². The number of likely N-dealkylation sites (tertiary alicyclic amines) is 1. The second-order valence-electron chi connectivity index (χ2n) is 6.72. The molecule has 7 heteroatoms. The minimum absolute atomic E-state index is 0.137. The van der Waals surface area contributed by atoms with E-state index >= 15 is 0 Å². The van der Waals surface area contributed by atoms with Crippen molar-refractivity contribution in [3.63, 3.8) is 0 Å².